The number of nitrogens with zero attached hydrogens (tertiary/aromatic N) is 1. The van der Waals surface area contributed by atoms with E-state index in [4.69, 9.17) is 5.73 Å². The van der Waals surface area contributed by atoms with Crippen molar-refractivity contribution in [3.8, 4) is 0 Å². The van der Waals surface area contributed by atoms with E-state index in [1.165, 1.54) is 0 Å². The summed E-state index contributed by atoms with van der Waals surface area (Å²) >= 11 is 0. The smallest absolute Gasteiger partial charge is 0.342 e. The average molecular weight is 329 g/mol. The molecule has 0 aromatic rings. The van der Waals surface area contributed by atoms with Crippen LogP contribution in [0.4, 0.5) is 13.2 Å². The van der Waals surface area contributed by atoms with E-state index in [1.54, 1.807) is 4.90 Å². The molecule has 0 aromatic heterocycles. The minimum absolute atomic E-state index is 0. The molecule has 0 spiro atoms. The summed E-state index contributed by atoms with van der Waals surface area (Å²) in [6.45, 7) is 2.29. The van der Waals surface area contributed by atoms with Crippen molar-refractivity contribution in [1.82, 2.24) is 4.90 Å². The molecule has 0 radical (unpaired) electrons. The molecule has 0 bridgehead atoms. The highest BCUT2D eigenvalue weighted by atomic mass is 35.5. The maximum atomic E-state index is 12.6. The first-order valence-corrected chi connectivity index (χ1v) is 7.36. The van der Waals surface area contributed by atoms with Crippen LogP contribution in [0.2, 0.25) is 0 Å². The molecule has 2 atom stereocenters. The molecule has 2 fully saturated rings. The zero-order chi connectivity index (χ0) is 15.0. The Morgan fingerprint density at radius 3 is 2.24 bits per heavy atom. The standard InChI is InChI=1S/C14H23F3N2O.ClH/c1-13(18)7-3-2-4-11(13)12(20)19-8-5-10(6-9-19)14(15,16)17;/h10-11H,2-9,18H2,1H3;1H. The summed E-state index contributed by atoms with van der Waals surface area (Å²) in [4.78, 5) is 14.1. The normalized spacial score (nSPS) is 31.7. The highest BCUT2D eigenvalue weighted by Gasteiger charge is 2.44. The lowest BCUT2D eigenvalue weighted by Crippen LogP contribution is -2.55. The second kappa shape index (κ2) is 6.73. The van der Waals surface area contributed by atoms with Gasteiger partial charge in [-0.25, -0.2) is 0 Å². The van der Waals surface area contributed by atoms with Gasteiger partial charge in [0.05, 0.1) is 11.8 Å². The van der Waals surface area contributed by atoms with Gasteiger partial charge in [0.2, 0.25) is 5.91 Å². The van der Waals surface area contributed by atoms with Crippen molar-refractivity contribution in [2.24, 2.45) is 17.6 Å². The molecule has 2 N–H and O–H groups in total. The fourth-order valence-corrected chi connectivity index (χ4v) is 3.41. The van der Waals surface area contributed by atoms with E-state index in [1.807, 2.05) is 6.92 Å². The molecule has 21 heavy (non-hydrogen) atoms. The molecule has 1 aliphatic carbocycles. The summed E-state index contributed by atoms with van der Waals surface area (Å²) in [6.07, 6.45) is -0.544. The van der Waals surface area contributed by atoms with Gasteiger partial charge in [0.15, 0.2) is 0 Å². The topological polar surface area (TPSA) is 46.3 Å². The number of hydrogen-bond donors (Lipinski definition) is 1. The van der Waals surface area contributed by atoms with Crippen molar-refractivity contribution in [1.29, 1.82) is 0 Å². The zero-order valence-electron chi connectivity index (χ0n) is 12.3. The third kappa shape index (κ3) is 4.25. The Balaban J connectivity index is 0.00000220. The molecule has 1 aliphatic heterocycles. The van der Waals surface area contributed by atoms with Crippen LogP contribution in [-0.4, -0.2) is 35.6 Å². The van der Waals surface area contributed by atoms with Crippen LogP contribution in [0.25, 0.3) is 0 Å². The second-order valence-electron chi connectivity index (χ2n) is 6.45. The summed E-state index contributed by atoms with van der Waals surface area (Å²) in [5, 5.41) is 0. The number of likely N-dealkylation sites (tertiary alicyclic amines) is 1. The van der Waals surface area contributed by atoms with Gasteiger partial charge in [-0.2, -0.15) is 13.2 Å². The summed E-state index contributed by atoms with van der Waals surface area (Å²) < 4.78 is 37.9. The van der Waals surface area contributed by atoms with Crippen LogP contribution in [0.1, 0.15) is 45.4 Å². The van der Waals surface area contributed by atoms with Crippen LogP contribution in [0.15, 0.2) is 0 Å². The third-order valence-corrected chi connectivity index (χ3v) is 4.82. The predicted octanol–water partition coefficient (Wildman–Crippen LogP) is 3.12. The molecule has 1 heterocycles. The minimum Gasteiger partial charge on any atom is -0.342 e. The van der Waals surface area contributed by atoms with E-state index in [2.05, 4.69) is 0 Å². The highest BCUT2D eigenvalue weighted by molar-refractivity contribution is 5.85. The fourth-order valence-electron chi connectivity index (χ4n) is 3.41. The van der Waals surface area contributed by atoms with Gasteiger partial charge in [-0.3, -0.25) is 4.79 Å². The SMILES string of the molecule is CC1(N)CCCCC1C(=O)N1CCC(C(F)(F)F)CC1.Cl. The predicted molar refractivity (Wildman–Crippen MR) is 77.2 cm³/mol. The second-order valence-corrected chi connectivity index (χ2v) is 6.45. The molecule has 1 saturated carbocycles. The molecule has 1 saturated heterocycles. The number of hydrogen-bond acceptors (Lipinski definition) is 2. The first-order valence-electron chi connectivity index (χ1n) is 7.36. The summed E-state index contributed by atoms with van der Waals surface area (Å²) in [5.41, 5.74) is 5.68. The van der Waals surface area contributed by atoms with Crippen molar-refractivity contribution in [3.05, 3.63) is 0 Å². The molecular weight excluding hydrogens is 305 g/mol. The molecule has 2 aliphatic rings. The van der Waals surface area contributed by atoms with E-state index in [9.17, 15) is 18.0 Å². The van der Waals surface area contributed by atoms with Crippen LogP contribution in [-0.2, 0) is 4.79 Å². The van der Waals surface area contributed by atoms with Crippen molar-refractivity contribution in [2.75, 3.05) is 13.1 Å². The Kier molecular flexibility index (Phi) is 5.95. The largest absolute Gasteiger partial charge is 0.391 e. The number of carbonyl (C=O) groups is 1. The fraction of sp³-hybridized carbons (Fsp3) is 0.929. The van der Waals surface area contributed by atoms with Gasteiger partial charge in [0.25, 0.3) is 0 Å². The molecule has 2 rings (SSSR count). The Labute approximate surface area is 129 Å². The van der Waals surface area contributed by atoms with Crippen LogP contribution in [0.5, 0.6) is 0 Å². The third-order valence-electron chi connectivity index (χ3n) is 4.82. The van der Waals surface area contributed by atoms with E-state index in [-0.39, 0.29) is 50.2 Å². The van der Waals surface area contributed by atoms with Gasteiger partial charge < -0.3 is 10.6 Å². The quantitative estimate of drug-likeness (QED) is 0.804. The number of halogens is 4. The molecule has 124 valence electrons. The van der Waals surface area contributed by atoms with E-state index in [0.29, 0.717) is 0 Å². The Morgan fingerprint density at radius 1 is 1.19 bits per heavy atom. The van der Waals surface area contributed by atoms with Crippen molar-refractivity contribution < 1.29 is 18.0 Å². The lowest BCUT2D eigenvalue weighted by Gasteiger charge is -2.42. The van der Waals surface area contributed by atoms with Gasteiger partial charge in [-0.05, 0) is 32.6 Å². The summed E-state index contributed by atoms with van der Waals surface area (Å²) in [7, 11) is 0. The summed E-state index contributed by atoms with van der Waals surface area (Å²) in [5.74, 6) is -1.55. The van der Waals surface area contributed by atoms with E-state index < -0.39 is 17.6 Å². The molecule has 0 aromatic carbocycles. The molecule has 1 amide bonds. The van der Waals surface area contributed by atoms with E-state index >= 15 is 0 Å². The molecule has 7 heteroatoms. The van der Waals surface area contributed by atoms with Crippen LogP contribution >= 0.6 is 12.4 Å². The van der Waals surface area contributed by atoms with Crippen molar-refractivity contribution in [3.63, 3.8) is 0 Å². The number of amides is 1. The average Bonchev–Trinajstić information content (AvgIpc) is 2.36. The van der Waals surface area contributed by atoms with Gasteiger partial charge in [-0.15, -0.1) is 12.4 Å². The maximum absolute atomic E-state index is 12.6. The molecular formula is C14H24ClF3N2O. The summed E-state index contributed by atoms with van der Waals surface area (Å²) in [6, 6.07) is 0. The Hall–Kier alpha value is -0.490. The first kappa shape index (κ1) is 18.6. The van der Waals surface area contributed by atoms with Crippen LogP contribution in [0, 0.1) is 11.8 Å². The number of nitrogens with two attached hydrogens (primary N) is 1. The van der Waals surface area contributed by atoms with Gasteiger partial charge >= 0.3 is 6.18 Å². The Bertz CT molecular complexity index is 366. The van der Waals surface area contributed by atoms with Crippen LogP contribution in [0.3, 0.4) is 0 Å². The van der Waals surface area contributed by atoms with Crippen LogP contribution < -0.4 is 5.73 Å². The monoisotopic (exact) mass is 328 g/mol. The highest BCUT2D eigenvalue weighted by Crippen LogP contribution is 2.37. The van der Waals surface area contributed by atoms with Gasteiger partial charge in [0.1, 0.15) is 0 Å². The van der Waals surface area contributed by atoms with Crippen molar-refractivity contribution >= 4 is 18.3 Å². The lowest BCUT2D eigenvalue weighted by atomic mass is 9.73. The number of carbonyl (C=O) groups excluding carboxylic acids is 1. The van der Waals surface area contributed by atoms with Gasteiger partial charge in [0, 0.05) is 18.6 Å². The molecule has 3 nitrogen and oxygen atoms in total. The van der Waals surface area contributed by atoms with E-state index in [0.717, 1.165) is 25.7 Å². The first-order chi connectivity index (χ1) is 9.22. The van der Waals surface area contributed by atoms with Gasteiger partial charge in [-0.1, -0.05) is 12.8 Å². The lowest BCUT2D eigenvalue weighted by molar-refractivity contribution is -0.187. The number of piperidine rings is 1. The minimum atomic E-state index is -4.14. The zero-order valence-corrected chi connectivity index (χ0v) is 13.1. The maximum Gasteiger partial charge on any atom is 0.391 e. The number of rotatable bonds is 1. The van der Waals surface area contributed by atoms with Crippen molar-refractivity contribution in [2.45, 2.75) is 57.2 Å². The Morgan fingerprint density at radius 2 is 1.76 bits per heavy atom. The number of alkyl halides is 3. The molecule has 2 unspecified atom stereocenters.